The van der Waals surface area contributed by atoms with Gasteiger partial charge >= 0.3 is 11.9 Å². The van der Waals surface area contributed by atoms with Crippen LogP contribution in [0.3, 0.4) is 0 Å². The van der Waals surface area contributed by atoms with E-state index < -0.39 is 24.1 Å². The molecule has 0 amide bonds. The van der Waals surface area contributed by atoms with Crippen LogP contribution in [0.1, 0.15) is 65.8 Å². The van der Waals surface area contributed by atoms with Crippen molar-refractivity contribution in [2.24, 2.45) is 17.8 Å². The fourth-order valence-corrected chi connectivity index (χ4v) is 8.19. The van der Waals surface area contributed by atoms with Gasteiger partial charge in [0.2, 0.25) is 0 Å². The normalized spacial score (nSPS) is 26.0. The second-order valence-electron chi connectivity index (χ2n) is 12.7. The van der Waals surface area contributed by atoms with Gasteiger partial charge in [-0.2, -0.15) is 0 Å². The average molecular weight is 621 g/mol. The summed E-state index contributed by atoms with van der Waals surface area (Å²) in [5.41, 5.74) is 4.81. The molecule has 1 saturated heterocycles. The van der Waals surface area contributed by atoms with Crippen molar-refractivity contribution in [2.45, 2.75) is 57.3 Å². The van der Waals surface area contributed by atoms with Gasteiger partial charge in [-0.25, -0.2) is 4.79 Å². The molecule has 1 N–H and O–H groups in total. The molecule has 2 aliphatic heterocycles. The summed E-state index contributed by atoms with van der Waals surface area (Å²) in [6.07, 6.45) is 1.01. The lowest BCUT2D eigenvalue weighted by molar-refractivity contribution is -0.176. The third-order valence-electron chi connectivity index (χ3n) is 10.2. The molecule has 3 heterocycles. The second-order valence-corrected chi connectivity index (χ2v) is 12.7. The molecule has 1 saturated carbocycles. The minimum atomic E-state index is -0.650. The summed E-state index contributed by atoms with van der Waals surface area (Å²) >= 11 is 0. The molecular weight excluding hydrogens is 576 g/mol. The number of piperidine rings is 1. The molecule has 3 aromatic rings. The van der Waals surface area contributed by atoms with Gasteiger partial charge in [0, 0.05) is 48.4 Å². The minimum absolute atomic E-state index is 0.00369. The van der Waals surface area contributed by atoms with Crippen molar-refractivity contribution < 1.29 is 38.0 Å². The zero-order chi connectivity index (χ0) is 32.0. The van der Waals surface area contributed by atoms with E-state index in [1.165, 1.54) is 23.8 Å². The first kappa shape index (κ1) is 31.2. The minimum Gasteiger partial charge on any atom is -0.497 e. The average Bonchev–Trinajstić information content (AvgIpc) is 3.43. The number of methoxy groups -OCH3 is 5. The fourth-order valence-electron chi connectivity index (χ4n) is 8.19. The Balaban J connectivity index is 1.29. The SMILES string of the molecule is COC(=O)[C@H]1[C@H]2C[C@@H]3c4[nH]c5cc(OC)ccc5c4CCN3C[C@H]2C[C@@H](OC(=O)c2cc(OC)c(C(C)C)c(OC)c2)[C@@H]1OC. The quantitative estimate of drug-likeness (QED) is 0.336. The van der Waals surface area contributed by atoms with E-state index in [0.717, 1.165) is 42.8 Å². The van der Waals surface area contributed by atoms with E-state index in [-0.39, 0.29) is 29.8 Å². The number of ether oxygens (including phenoxy) is 6. The van der Waals surface area contributed by atoms with Crippen LogP contribution in [-0.2, 0) is 25.4 Å². The van der Waals surface area contributed by atoms with Gasteiger partial charge in [-0.3, -0.25) is 9.69 Å². The zero-order valence-corrected chi connectivity index (χ0v) is 27.2. The summed E-state index contributed by atoms with van der Waals surface area (Å²) in [6.45, 7) is 5.79. The largest absolute Gasteiger partial charge is 0.497 e. The number of hydrogen-bond acceptors (Lipinski definition) is 9. The van der Waals surface area contributed by atoms with Gasteiger partial charge in [-0.05, 0) is 66.8 Å². The number of carbonyl (C=O) groups excluding carboxylic acids is 2. The summed E-state index contributed by atoms with van der Waals surface area (Å²) in [5.74, 6) is 0.750. The van der Waals surface area contributed by atoms with E-state index in [4.69, 9.17) is 28.4 Å². The number of hydrogen-bond donors (Lipinski definition) is 1. The van der Waals surface area contributed by atoms with E-state index in [2.05, 4.69) is 16.0 Å². The molecule has 1 aromatic heterocycles. The van der Waals surface area contributed by atoms with Crippen LogP contribution in [0.2, 0.25) is 0 Å². The third kappa shape index (κ3) is 5.42. The number of aromatic nitrogens is 1. The highest BCUT2D eigenvalue weighted by atomic mass is 16.6. The van der Waals surface area contributed by atoms with Crippen LogP contribution in [0.5, 0.6) is 17.2 Å². The van der Waals surface area contributed by atoms with Gasteiger partial charge < -0.3 is 33.4 Å². The molecule has 3 aliphatic rings. The topological polar surface area (TPSA) is 109 Å². The lowest BCUT2D eigenvalue weighted by atomic mass is 9.63. The highest BCUT2D eigenvalue weighted by Gasteiger charge is 2.54. The van der Waals surface area contributed by atoms with Crippen LogP contribution in [0.15, 0.2) is 30.3 Å². The highest BCUT2D eigenvalue weighted by molar-refractivity contribution is 5.91. The Kier molecular flexibility index (Phi) is 8.72. The molecule has 6 rings (SSSR count). The van der Waals surface area contributed by atoms with E-state index in [1.54, 1.807) is 40.6 Å². The van der Waals surface area contributed by atoms with Crippen molar-refractivity contribution >= 4 is 22.8 Å². The summed E-state index contributed by atoms with van der Waals surface area (Å²) < 4.78 is 34.2. The molecule has 1 aliphatic carbocycles. The summed E-state index contributed by atoms with van der Waals surface area (Å²) in [7, 11) is 7.81. The molecule has 0 spiro atoms. The number of nitrogens with zero attached hydrogens (tertiary/aromatic N) is 1. The standard InChI is InChI=1S/C35H44N2O8/c1-18(2)30-27(41-4)12-19(13-28(30)42-5)34(38)45-29-14-20-17-37-11-10-23-22-9-8-21(40-3)15-25(22)36-32(23)26(37)16-24(20)31(33(29)43-6)35(39)44-7/h8-9,12-13,15,18,20,24,26,29,31,33,36H,10-11,14,16-17H2,1-7H3/t20-,24+,26-,29-,31+,33+/m1/s1. The van der Waals surface area contributed by atoms with Crippen molar-refractivity contribution in [2.75, 3.05) is 48.6 Å². The van der Waals surface area contributed by atoms with Crippen molar-refractivity contribution in [3.05, 3.63) is 52.7 Å². The summed E-state index contributed by atoms with van der Waals surface area (Å²) in [6, 6.07) is 9.70. The fraction of sp³-hybridized carbons (Fsp3) is 0.543. The monoisotopic (exact) mass is 620 g/mol. The smallest absolute Gasteiger partial charge is 0.338 e. The van der Waals surface area contributed by atoms with E-state index >= 15 is 0 Å². The maximum absolute atomic E-state index is 13.7. The molecule has 45 heavy (non-hydrogen) atoms. The molecule has 10 heteroatoms. The number of benzene rings is 2. The molecule has 2 aromatic carbocycles. The van der Waals surface area contributed by atoms with Crippen LogP contribution in [0, 0.1) is 17.8 Å². The van der Waals surface area contributed by atoms with Crippen LogP contribution in [0.4, 0.5) is 0 Å². The summed E-state index contributed by atoms with van der Waals surface area (Å²) in [5, 5.41) is 1.22. The Bertz CT molecular complexity index is 1560. The number of H-pyrrole nitrogens is 1. The van der Waals surface area contributed by atoms with E-state index in [9.17, 15) is 9.59 Å². The van der Waals surface area contributed by atoms with Gasteiger partial charge in [0.15, 0.2) is 0 Å². The van der Waals surface area contributed by atoms with Crippen molar-refractivity contribution in [3.8, 4) is 17.2 Å². The number of fused-ring (bicyclic) bond motifs is 6. The molecule has 10 nitrogen and oxygen atoms in total. The number of carbonyl (C=O) groups is 2. The molecular formula is C35H44N2O8. The van der Waals surface area contributed by atoms with E-state index in [0.29, 0.717) is 23.5 Å². The number of esters is 2. The molecule has 0 radical (unpaired) electrons. The van der Waals surface area contributed by atoms with E-state index in [1.807, 2.05) is 26.0 Å². The Morgan fingerprint density at radius 3 is 2.31 bits per heavy atom. The number of nitrogens with one attached hydrogen (secondary N) is 1. The lowest BCUT2D eigenvalue weighted by Crippen LogP contribution is -2.58. The maximum atomic E-state index is 13.7. The van der Waals surface area contributed by atoms with Gasteiger partial charge in [-0.15, -0.1) is 0 Å². The highest BCUT2D eigenvalue weighted by Crippen LogP contribution is 2.51. The molecule has 242 valence electrons. The number of rotatable bonds is 8. The maximum Gasteiger partial charge on any atom is 0.338 e. The van der Waals surface area contributed by atoms with Gasteiger partial charge in [-0.1, -0.05) is 13.8 Å². The first-order chi connectivity index (χ1) is 21.7. The van der Waals surface area contributed by atoms with Crippen molar-refractivity contribution in [3.63, 3.8) is 0 Å². The Hall–Kier alpha value is -3.76. The Morgan fingerprint density at radius 2 is 1.69 bits per heavy atom. The first-order valence-corrected chi connectivity index (χ1v) is 15.7. The predicted octanol–water partition coefficient (Wildman–Crippen LogP) is 5.29. The van der Waals surface area contributed by atoms with Crippen LogP contribution in [0.25, 0.3) is 10.9 Å². The van der Waals surface area contributed by atoms with Crippen LogP contribution in [-0.4, -0.2) is 82.7 Å². The third-order valence-corrected chi connectivity index (χ3v) is 10.2. The molecule has 0 unspecified atom stereocenters. The number of aromatic amines is 1. The molecule has 2 fully saturated rings. The Morgan fingerprint density at radius 1 is 0.956 bits per heavy atom. The van der Waals surface area contributed by atoms with Crippen molar-refractivity contribution in [1.29, 1.82) is 0 Å². The Labute approximate surface area is 264 Å². The molecule has 6 atom stereocenters. The second kappa shape index (κ2) is 12.6. The van der Waals surface area contributed by atoms with Crippen LogP contribution >= 0.6 is 0 Å². The van der Waals surface area contributed by atoms with Crippen molar-refractivity contribution in [1.82, 2.24) is 9.88 Å². The first-order valence-electron chi connectivity index (χ1n) is 15.7. The van der Waals surface area contributed by atoms with Gasteiger partial charge in [0.1, 0.15) is 29.5 Å². The summed E-state index contributed by atoms with van der Waals surface area (Å²) in [4.78, 5) is 33.3. The zero-order valence-electron chi connectivity index (χ0n) is 27.2. The van der Waals surface area contributed by atoms with Crippen LogP contribution < -0.4 is 14.2 Å². The predicted molar refractivity (Wildman–Crippen MR) is 168 cm³/mol. The lowest BCUT2D eigenvalue weighted by Gasteiger charge is -2.52. The van der Waals surface area contributed by atoms with Gasteiger partial charge in [0.05, 0.1) is 46.0 Å². The molecule has 0 bridgehead atoms. The van der Waals surface area contributed by atoms with Gasteiger partial charge in [0.25, 0.3) is 0 Å².